The van der Waals surface area contributed by atoms with Gasteiger partial charge in [0.05, 0.1) is 0 Å². The average molecular weight is 673 g/mol. The molecular weight excluding hydrogens is 617 g/mol. The van der Waals surface area contributed by atoms with Crippen LogP contribution in [0.4, 0.5) is 0 Å². The molecule has 0 N–H and O–H groups in total. The van der Waals surface area contributed by atoms with E-state index in [2.05, 4.69) is 149 Å². The van der Waals surface area contributed by atoms with Gasteiger partial charge in [-0.3, -0.25) is 0 Å². The molecule has 0 saturated heterocycles. The van der Waals surface area contributed by atoms with Gasteiger partial charge < -0.3 is 0 Å². The number of hydrogen-bond donors (Lipinski definition) is 0. The van der Waals surface area contributed by atoms with Crippen LogP contribution in [0.1, 0.15) is 102 Å². The SMILES string of the molecule is Cc1ccc(C)c(-c2ccc3ccc(C4CCCC(C5CCCC(c6cccc7c6ccc(-c6cc(C)cc(C)c6C)[n+]7C)C5)C4)cc3[n+]2C)c1. The Morgan fingerprint density at radius 1 is 0.529 bits per heavy atom. The first-order valence-electron chi connectivity index (χ1n) is 19.7. The molecule has 0 bridgehead atoms. The van der Waals surface area contributed by atoms with E-state index in [0.717, 1.165) is 11.8 Å². The highest BCUT2D eigenvalue weighted by Crippen LogP contribution is 2.48. The van der Waals surface area contributed by atoms with Gasteiger partial charge >= 0.3 is 0 Å². The first kappa shape index (κ1) is 33.8. The van der Waals surface area contributed by atoms with Gasteiger partial charge in [0.25, 0.3) is 0 Å². The maximum Gasteiger partial charge on any atom is 0.213 e. The fraction of sp³-hybridized carbons (Fsp3) is 0.388. The smallest absolute Gasteiger partial charge is 0.194 e. The summed E-state index contributed by atoms with van der Waals surface area (Å²) in [7, 11) is 4.52. The van der Waals surface area contributed by atoms with Crippen LogP contribution in [0.25, 0.3) is 44.3 Å². The first-order chi connectivity index (χ1) is 24.7. The van der Waals surface area contributed by atoms with Crippen molar-refractivity contribution >= 4 is 21.8 Å². The molecule has 260 valence electrons. The number of aromatic nitrogens is 2. The zero-order chi connectivity index (χ0) is 35.4. The molecule has 2 aliphatic carbocycles. The fourth-order valence-corrected chi connectivity index (χ4v) is 10.2. The number of rotatable bonds is 5. The summed E-state index contributed by atoms with van der Waals surface area (Å²) in [6, 6.07) is 35.4. The number of nitrogens with zero attached hydrogens (tertiary/aromatic N) is 2. The van der Waals surface area contributed by atoms with Crippen molar-refractivity contribution in [2.24, 2.45) is 25.9 Å². The van der Waals surface area contributed by atoms with Crippen LogP contribution in [0.15, 0.2) is 91.0 Å². The molecule has 2 saturated carbocycles. The third-order valence-electron chi connectivity index (χ3n) is 13.2. The van der Waals surface area contributed by atoms with Gasteiger partial charge in [0.1, 0.15) is 14.1 Å². The summed E-state index contributed by atoms with van der Waals surface area (Å²) < 4.78 is 4.88. The van der Waals surface area contributed by atoms with E-state index in [9.17, 15) is 0 Å². The number of benzene rings is 4. The Hall–Kier alpha value is -4.30. The molecule has 8 rings (SSSR count). The molecule has 0 spiro atoms. The van der Waals surface area contributed by atoms with E-state index in [4.69, 9.17) is 0 Å². The molecule has 4 aromatic carbocycles. The van der Waals surface area contributed by atoms with E-state index in [1.807, 2.05) is 0 Å². The van der Waals surface area contributed by atoms with Crippen molar-refractivity contribution < 1.29 is 9.13 Å². The van der Waals surface area contributed by atoms with Crippen LogP contribution in [-0.4, -0.2) is 0 Å². The van der Waals surface area contributed by atoms with Gasteiger partial charge in [-0.2, -0.15) is 9.13 Å². The molecular formula is C49H56N2+2. The number of hydrogen-bond acceptors (Lipinski definition) is 0. The number of pyridine rings is 2. The van der Waals surface area contributed by atoms with Crippen LogP contribution in [0, 0.1) is 46.5 Å². The monoisotopic (exact) mass is 672 g/mol. The summed E-state index contributed by atoms with van der Waals surface area (Å²) in [4.78, 5) is 0. The van der Waals surface area contributed by atoms with Gasteiger partial charge in [0.15, 0.2) is 0 Å². The molecule has 2 nitrogen and oxygen atoms in total. The second-order valence-electron chi connectivity index (χ2n) is 16.5. The van der Waals surface area contributed by atoms with E-state index in [0.29, 0.717) is 11.8 Å². The lowest BCUT2D eigenvalue weighted by Gasteiger charge is -2.39. The van der Waals surface area contributed by atoms with Crippen LogP contribution in [0.5, 0.6) is 0 Å². The average Bonchev–Trinajstić information content (AvgIpc) is 3.14. The van der Waals surface area contributed by atoms with E-state index >= 15 is 0 Å². The second-order valence-corrected chi connectivity index (χ2v) is 16.5. The molecule has 0 amide bonds. The Morgan fingerprint density at radius 3 is 2.00 bits per heavy atom. The summed E-state index contributed by atoms with van der Waals surface area (Å²) in [5.41, 5.74) is 17.9. The predicted octanol–water partition coefficient (Wildman–Crippen LogP) is 11.8. The second kappa shape index (κ2) is 13.7. The molecule has 2 heterocycles. The highest BCUT2D eigenvalue weighted by Gasteiger charge is 2.34. The van der Waals surface area contributed by atoms with Crippen LogP contribution in [0.3, 0.4) is 0 Å². The first-order valence-corrected chi connectivity index (χ1v) is 19.7. The van der Waals surface area contributed by atoms with Crippen LogP contribution in [0.2, 0.25) is 0 Å². The highest BCUT2D eigenvalue weighted by atomic mass is 14.9. The summed E-state index contributed by atoms with van der Waals surface area (Å²) in [5.74, 6) is 2.94. The zero-order valence-corrected chi connectivity index (χ0v) is 32.0. The topological polar surface area (TPSA) is 7.76 Å². The van der Waals surface area contributed by atoms with Crippen molar-refractivity contribution in [3.8, 4) is 22.5 Å². The number of fused-ring (bicyclic) bond motifs is 2. The summed E-state index contributed by atoms with van der Waals surface area (Å²) >= 11 is 0. The van der Waals surface area contributed by atoms with E-state index in [1.54, 1.807) is 11.1 Å². The molecule has 6 aromatic rings. The lowest BCUT2D eigenvalue weighted by Crippen LogP contribution is -2.33. The minimum Gasteiger partial charge on any atom is -0.194 e. The van der Waals surface area contributed by atoms with Crippen LogP contribution >= 0.6 is 0 Å². The maximum absolute atomic E-state index is 2.53. The maximum atomic E-state index is 2.53. The minimum atomic E-state index is 0.643. The predicted molar refractivity (Wildman–Crippen MR) is 214 cm³/mol. The van der Waals surface area contributed by atoms with Crippen molar-refractivity contribution in [2.45, 2.75) is 97.8 Å². The van der Waals surface area contributed by atoms with Crippen molar-refractivity contribution in [1.29, 1.82) is 0 Å². The van der Waals surface area contributed by atoms with Crippen molar-refractivity contribution in [1.82, 2.24) is 0 Å². The van der Waals surface area contributed by atoms with Gasteiger partial charge in [-0.25, -0.2) is 0 Å². The standard InChI is InChI=1S/C49H56N2/c1-31-17-18-33(3)44(26-31)47-23-21-36-19-20-40(30-49(36)51(47)7)38-12-8-11-37(28-38)39-13-9-14-41(29-39)42-15-10-16-46-43(42)22-24-48(50(46)6)45-27-32(2)25-34(4)35(45)5/h10,15-27,30,37-39,41H,8-9,11-14,28-29H2,1-7H3/q+2. The quantitative estimate of drug-likeness (QED) is 0.161. The largest absolute Gasteiger partial charge is 0.213 e. The summed E-state index contributed by atoms with van der Waals surface area (Å²) in [5, 5.41) is 2.78. The zero-order valence-electron chi connectivity index (χ0n) is 32.0. The summed E-state index contributed by atoms with van der Waals surface area (Å²) in [6.45, 7) is 11.2. The van der Waals surface area contributed by atoms with Gasteiger partial charge in [-0.1, -0.05) is 73.2 Å². The van der Waals surface area contributed by atoms with Crippen LogP contribution in [-0.2, 0) is 14.1 Å². The molecule has 2 aromatic heterocycles. The lowest BCUT2D eigenvalue weighted by atomic mass is 9.66. The third-order valence-corrected chi connectivity index (χ3v) is 13.2. The molecule has 2 fully saturated rings. The molecule has 2 aliphatic rings. The summed E-state index contributed by atoms with van der Waals surface area (Å²) in [6.07, 6.45) is 10.8. The van der Waals surface area contributed by atoms with E-state index < -0.39 is 0 Å². The number of aryl methyl sites for hydroxylation is 6. The van der Waals surface area contributed by atoms with Crippen LogP contribution < -0.4 is 9.13 Å². The van der Waals surface area contributed by atoms with Gasteiger partial charge in [-0.05, 0) is 142 Å². The molecule has 51 heavy (non-hydrogen) atoms. The Kier molecular flexibility index (Phi) is 9.07. The minimum absolute atomic E-state index is 0.643. The van der Waals surface area contributed by atoms with Crippen molar-refractivity contribution in [3.05, 3.63) is 130 Å². The molecule has 0 aliphatic heterocycles. The molecule has 4 atom stereocenters. The van der Waals surface area contributed by atoms with Crippen molar-refractivity contribution in [2.75, 3.05) is 0 Å². The van der Waals surface area contributed by atoms with Gasteiger partial charge in [0, 0.05) is 46.2 Å². The highest BCUT2D eigenvalue weighted by molar-refractivity contribution is 5.82. The Labute approximate surface area is 306 Å². The van der Waals surface area contributed by atoms with Crippen molar-refractivity contribution in [3.63, 3.8) is 0 Å². The molecule has 2 heteroatoms. The molecule has 4 unspecified atom stereocenters. The Bertz CT molecular complexity index is 2280. The van der Waals surface area contributed by atoms with E-state index in [1.165, 1.54) is 124 Å². The normalized spacial score (nSPS) is 21.0. The van der Waals surface area contributed by atoms with Gasteiger partial charge in [0.2, 0.25) is 22.4 Å². The van der Waals surface area contributed by atoms with Gasteiger partial charge in [-0.15, -0.1) is 0 Å². The fourth-order valence-electron chi connectivity index (χ4n) is 10.2. The van der Waals surface area contributed by atoms with E-state index in [-0.39, 0.29) is 0 Å². The Morgan fingerprint density at radius 2 is 1.20 bits per heavy atom. The molecule has 0 radical (unpaired) electrons. The lowest BCUT2D eigenvalue weighted by molar-refractivity contribution is -0.633. The Balaban J connectivity index is 1.04. The third kappa shape index (κ3) is 6.30.